The number of nitro groups is 1. The largest absolute Gasteiger partial charge is 0.507 e. The normalized spacial score (nSPS) is 11.4. The van der Waals surface area contributed by atoms with Gasteiger partial charge in [-0.3, -0.25) is 10.1 Å². The zero-order valence-corrected chi connectivity index (χ0v) is 13.2. The minimum Gasteiger partial charge on any atom is -0.507 e. The van der Waals surface area contributed by atoms with E-state index in [9.17, 15) is 28.4 Å². The van der Waals surface area contributed by atoms with Crippen LogP contribution in [0.2, 0.25) is 0 Å². The van der Waals surface area contributed by atoms with Crippen molar-refractivity contribution in [2.24, 2.45) is 0 Å². The van der Waals surface area contributed by atoms with Crippen LogP contribution < -0.4 is 4.18 Å². The van der Waals surface area contributed by atoms with Gasteiger partial charge in [0.15, 0.2) is 0 Å². The van der Waals surface area contributed by atoms with Gasteiger partial charge < -0.3 is 14.4 Å². The zero-order valence-electron chi connectivity index (χ0n) is 12.4. The fraction of sp³-hybridized carbons (Fsp3) is 0. The number of hydrogen-bond donors (Lipinski definition) is 2. The molecular formula is C15H11NO8S. The molecule has 130 valence electrons. The Morgan fingerprint density at radius 2 is 1.80 bits per heavy atom. The monoisotopic (exact) mass is 365 g/mol. The number of aromatic hydroxyl groups is 1. The molecule has 0 aromatic heterocycles. The number of aromatic carboxylic acids is 1. The van der Waals surface area contributed by atoms with Gasteiger partial charge in [-0.2, -0.15) is 8.42 Å². The van der Waals surface area contributed by atoms with Crippen molar-refractivity contribution in [3.05, 3.63) is 69.9 Å². The molecule has 0 fully saturated rings. The Bertz CT molecular complexity index is 948. The molecule has 2 N–H and O–H groups in total. The number of carbonyl (C=O) groups is 1. The van der Waals surface area contributed by atoms with Crippen molar-refractivity contribution < 1.29 is 32.5 Å². The first kappa shape index (κ1) is 17.9. The van der Waals surface area contributed by atoms with Crippen LogP contribution in [-0.4, -0.2) is 29.5 Å². The first-order valence-corrected chi connectivity index (χ1v) is 8.02. The molecule has 0 atom stereocenters. The smallest absolute Gasteiger partial charge is 0.339 e. The summed E-state index contributed by atoms with van der Waals surface area (Å²) >= 11 is 0. The Morgan fingerprint density at radius 3 is 2.32 bits per heavy atom. The Balaban J connectivity index is 2.22. The predicted octanol–water partition coefficient (Wildman–Crippen LogP) is 2.11. The predicted molar refractivity (Wildman–Crippen MR) is 85.4 cm³/mol. The van der Waals surface area contributed by atoms with E-state index in [0.29, 0.717) is 5.56 Å². The molecule has 0 heterocycles. The van der Waals surface area contributed by atoms with Gasteiger partial charge in [-0.05, 0) is 29.8 Å². The third-order valence-electron chi connectivity index (χ3n) is 2.96. The SMILES string of the molecule is O=C(O)c1ccc(S(=O)(=O)Oc2ccc(/C=C/[N+](=O)[O-])cc2)cc1O. The molecule has 0 aliphatic rings. The molecule has 9 nitrogen and oxygen atoms in total. The lowest BCUT2D eigenvalue weighted by atomic mass is 10.2. The second kappa shape index (κ2) is 7.01. The van der Waals surface area contributed by atoms with E-state index in [-0.39, 0.29) is 5.75 Å². The minimum atomic E-state index is -4.30. The van der Waals surface area contributed by atoms with Gasteiger partial charge in [0.05, 0.1) is 4.92 Å². The maximum Gasteiger partial charge on any atom is 0.339 e. The summed E-state index contributed by atoms with van der Waals surface area (Å²) in [5, 5.41) is 28.6. The standard InChI is InChI=1S/C15H11NO8S/c17-14-9-12(5-6-13(14)15(18)19)25(22,23)24-11-3-1-10(2-4-11)7-8-16(20)21/h1-9,17H,(H,18,19)/b8-7+. The van der Waals surface area contributed by atoms with Crippen LogP contribution in [0.5, 0.6) is 11.5 Å². The Morgan fingerprint density at radius 1 is 1.16 bits per heavy atom. The fourth-order valence-corrected chi connectivity index (χ4v) is 2.76. The maximum absolute atomic E-state index is 12.2. The number of nitrogens with zero attached hydrogens (tertiary/aromatic N) is 1. The minimum absolute atomic E-state index is 0.0555. The molecule has 0 saturated carbocycles. The second-order valence-electron chi connectivity index (χ2n) is 4.69. The number of rotatable bonds is 6. The van der Waals surface area contributed by atoms with Gasteiger partial charge in [0.25, 0.3) is 0 Å². The first-order valence-electron chi connectivity index (χ1n) is 6.61. The average molecular weight is 365 g/mol. The number of phenols is 1. The number of carboxylic acid groups (broad SMARTS) is 1. The first-order chi connectivity index (χ1) is 11.7. The van der Waals surface area contributed by atoms with E-state index in [4.69, 9.17) is 9.29 Å². The molecule has 10 heteroatoms. The molecular weight excluding hydrogens is 354 g/mol. The van der Waals surface area contributed by atoms with Crippen molar-refractivity contribution >= 4 is 22.2 Å². The molecule has 0 radical (unpaired) electrons. The highest BCUT2D eigenvalue weighted by molar-refractivity contribution is 7.87. The molecule has 0 bridgehead atoms. The number of carboxylic acids is 1. The van der Waals surface area contributed by atoms with Crippen LogP contribution in [0.15, 0.2) is 53.6 Å². The fourth-order valence-electron chi connectivity index (χ4n) is 1.80. The summed E-state index contributed by atoms with van der Waals surface area (Å²) in [6.45, 7) is 0. The van der Waals surface area contributed by atoms with E-state index in [1.165, 1.54) is 30.3 Å². The second-order valence-corrected chi connectivity index (χ2v) is 6.24. The summed E-state index contributed by atoms with van der Waals surface area (Å²) in [5.41, 5.74) is 0.0192. The molecule has 0 saturated heterocycles. The summed E-state index contributed by atoms with van der Waals surface area (Å²) in [4.78, 5) is 20.0. The van der Waals surface area contributed by atoms with Gasteiger partial charge in [-0.15, -0.1) is 0 Å². The van der Waals surface area contributed by atoms with E-state index in [2.05, 4.69) is 0 Å². The van der Waals surface area contributed by atoms with E-state index >= 15 is 0 Å². The van der Waals surface area contributed by atoms with Crippen LogP contribution in [-0.2, 0) is 10.1 Å². The lowest BCUT2D eigenvalue weighted by molar-refractivity contribution is -0.400. The van der Waals surface area contributed by atoms with Crippen molar-refractivity contribution in [2.75, 3.05) is 0 Å². The van der Waals surface area contributed by atoms with Crippen molar-refractivity contribution in [2.45, 2.75) is 4.90 Å². The van der Waals surface area contributed by atoms with Gasteiger partial charge in [-0.1, -0.05) is 12.1 Å². The quantitative estimate of drug-likeness (QED) is 0.450. The van der Waals surface area contributed by atoms with E-state index < -0.39 is 37.2 Å². The lowest BCUT2D eigenvalue weighted by Crippen LogP contribution is -2.10. The summed E-state index contributed by atoms with van der Waals surface area (Å²) in [6, 6.07) is 8.12. The topological polar surface area (TPSA) is 144 Å². The molecule has 0 spiro atoms. The van der Waals surface area contributed by atoms with Gasteiger partial charge >= 0.3 is 16.1 Å². The molecule has 0 unspecified atom stereocenters. The van der Waals surface area contributed by atoms with Gasteiger partial charge in [0.2, 0.25) is 6.20 Å². The third kappa shape index (κ3) is 4.54. The van der Waals surface area contributed by atoms with Crippen LogP contribution in [0.1, 0.15) is 15.9 Å². The molecule has 2 aromatic carbocycles. The van der Waals surface area contributed by atoms with Crippen LogP contribution in [0.4, 0.5) is 0 Å². The summed E-state index contributed by atoms with van der Waals surface area (Å²) in [5.74, 6) is -2.17. The van der Waals surface area contributed by atoms with Gasteiger partial charge in [-0.25, -0.2) is 4.79 Å². The van der Waals surface area contributed by atoms with Crippen molar-refractivity contribution in [3.63, 3.8) is 0 Å². The average Bonchev–Trinajstić information content (AvgIpc) is 2.53. The number of hydrogen-bond acceptors (Lipinski definition) is 7. The van der Waals surface area contributed by atoms with Crippen LogP contribution in [0.3, 0.4) is 0 Å². The van der Waals surface area contributed by atoms with Gasteiger partial charge in [0.1, 0.15) is 22.0 Å². The molecule has 2 aromatic rings. The van der Waals surface area contributed by atoms with Crippen molar-refractivity contribution in [1.82, 2.24) is 0 Å². The highest BCUT2D eigenvalue weighted by atomic mass is 32.2. The van der Waals surface area contributed by atoms with Crippen molar-refractivity contribution in [1.29, 1.82) is 0 Å². The lowest BCUT2D eigenvalue weighted by Gasteiger charge is -2.08. The van der Waals surface area contributed by atoms with Crippen LogP contribution in [0, 0.1) is 10.1 Å². The van der Waals surface area contributed by atoms with Crippen molar-refractivity contribution in [3.8, 4) is 11.5 Å². The highest BCUT2D eigenvalue weighted by Gasteiger charge is 2.20. The summed E-state index contributed by atoms with van der Waals surface area (Å²) in [7, 11) is -4.30. The Hall–Kier alpha value is -3.40. The molecule has 25 heavy (non-hydrogen) atoms. The molecule has 2 rings (SSSR count). The van der Waals surface area contributed by atoms with Gasteiger partial charge in [0, 0.05) is 12.1 Å². The van der Waals surface area contributed by atoms with E-state index in [1.54, 1.807) is 0 Å². The third-order valence-corrected chi connectivity index (χ3v) is 4.21. The Kier molecular flexibility index (Phi) is 5.03. The maximum atomic E-state index is 12.2. The Labute approximate surface area is 141 Å². The highest BCUT2D eigenvalue weighted by Crippen LogP contribution is 2.25. The number of benzene rings is 2. The van der Waals surface area contributed by atoms with E-state index in [1.807, 2.05) is 0 Å². The van der Waals surface area contributed by atoms with E-state index in [0.717, 1.165) is 24.4 Å². The molecule has 0 aliphatic heterocycles. The molecule has 0 aliphatic carbocycles. The zero-order chi connectivity index (χ0) is 18.6. The summed E-state index contributed by atoms with van der Waals surface area (Å²) in [6.07, 6.45) is 1.96. The summed E-state index contributed by atoms with van der Waals surface area (Å²) < 4.78 is 29.2. The molecule has 0 amide bonds. The van der Waals surface area contributed by atoms with Crippen LogP contribution in [0.25, 0.3) is 6.08 Å². The van der Waals surface area contributed by atoms with Crippen LogP contribution >= 0.6 is 0 Å².